The van der Waals surface area contributed by atoms with Gasteiger partial charge in [0.2, 0.25) is 0 Å². The van der Waals surface area contributed by atoms with Crippen molar-refractivity contribution in [3.63, 3.8) is 0 Å². The quantitative estimate of drug-likeness (QED) is 0.888. The highest BCUT2D eigenvalue weighted by atomic mass is 16.6. The van der Waals surface area contributed by atoms with Crippen LogP contribution in [0.4, 0.5) is 0 Å². The second-order valence-corrected chi connectivity index (χ2v) is 5.16. The number of piperidine rings is 1. The molecule has 20 heavy (non-hydrogen) atoms. The van der Waals surface area contributed by atoms with Crippen molar-refractivity contribution in [3.05, 3.63) is 23.8 Å². The van der Waals surface area contributed by atoms with Crippen LogP contribution in [-0.4, -0.2) is 48.3 Å². The topological polar surface area (TPSA) is 59.0 Å². The summed E-state index contributed by atoms with van der Waals surface area (Å²) in [5, 5.41) is 9.45. The maximum atomic E-state index is 12.7. The number of rotatable bonds is 2. The van der Waals surface area contributed by atoms with Crippen molar-refractivity contribution in [3.8, 4) is 11.5 Å². The number of ether oxygens (including phenoxy) is 2. The molecular formula is C15H19NO4. The minimum absolute atomic E-state index is 0.0120. The third kappa shape index (κ3) is 2.33. The molecule has 0 radical (unpaired) electrons. The van der Waals surface area contributed by atoms with Gasteiger partial charge in [0, 0.05) is 6.54 Å². The van der Waals surface area contributed by atoms with Crippen LogP contribution in [0, 0.1) is 0 Å². The lowest BCUT2D eigenvalue weighted by Gasteiger charge is -2.35. The number of fused-ring (bicyclic) bond motifs is 1. The molecule has 0 bridgehead atoms. The predicted molar refractivity (Wildman–Crippen MR) is 73.2 cm³/mol. The summed E-state index contributed by atoms with van der Waals surface area (Å²) in [6.45, 7) is 1.67. The zero-order chi connectivity index (χ0) is 13.9. The highest BCUT2D eigenvalue weighted by Crippen LogP contribution is 2.35. The van der Waals surface area contributed by atoms with Gasteiger partial charge in [-0.15, -0.1) is 0 Å². The first-order chi connectivity index (χ1) is 9.81. The number of aliphatic hydroxyl groups excluding tert-OH is 1. The Hall–Kier alpha value is -1.75. The molecule has 0 aliphatic carbocycles. The molecule has 1 aromatic rings. The zero-order valence-electron chi connectivity index (χ0n) is 11.4. The van der Waals surface area contributed by atoms with Gasteiger partial charge in [-0.05, 0) is 31.4 Å². The standard InChI is InChI=1S/C15H19NO4/c17-10-11-4-1-2-7-16(11)15(18)12-5-3-6-13-14(12)20-9-8-19-13/h3,5-6,11,17H,1-2,4,7-10H2/t11-/m1/s1. The first kappa shape index (κ1) is 13.2. The van der Waals surface area contributed by atoms with E-state index in [1.165, 1.54) is 0 Å². The number of nitrogens with zero attached hydrogens (tertiary/aromatic N) is 1. The van der Waals surface area contributed by atoms with E-state index < -0.39 is 0 Å². The molecule has 2 heterocycles. The molecule has 0 spiro atoms. The molecular weight excluding hydrogens is 258 g/mol. The molecule has 108 valence electrons. The van der Waals surface area contributed by atoms with Gasteiger partial charge >= 0.3 is 0 Å². The minimum Gasteiger partial charge on any atom is -0.486 e. The molecule has 1 fully saturated rings. The summed E-state index contributed by atoms with van der Waals surface area (Å²) in [5.74, 6) is 1.08. The Bertz CT molecular complexity index is 503. The Kier molecular flexibility index (Phi) is 3.78. The van der Waals surface area contributed by atoms with Gasteiger partial charge in [0.15, 0.2) is 11.5 Å². The van der Waals surface area contributed by atoms with Gasteiger partial charge in [-0.3, -0.25) is 4.79 Å². The summed E-state index contributed by atoms with van der Waals surface area (Å²) in [5.41, 5.74) is 0.530. The van der Waals surface area contributed by atoms with Gasteiger partial charge in [0.1, 0.15) is 13.2 Å². The number of hydrogen-bond donors (Lipinski definition) is 1. The summed E-state index contributed by atoms with van der Waals surface area (Å²) in [4.78, 5) is 14.5. The van der Waals surface area contributed by atoms with E-state index in [4.69, 9.17) is 9.47 Å². The van der Waals surface area contributed by atoms with Crippen LogP contribution in [0.15, 0.2) is 18.2 Å². The van der Waals surface area contributed by atoms with Gasteiger partial charge < -0.3 is 19.5 Å². The Morgan fingerprint density at radius 2 is 2.15 bits per heavy atom. The number of hydrogen-bond acceptors (Lipinski definition) is 4. The molecule has 3 rings (SSSR count). The molecule has 1 N–H and O–H groups in total. The molecule has 5 nitrogen and oxygen atoms in total. The van der Waals surface area contributed by atoms with E-state index in [1.54, 1.807) is 17.0 Å². The van der Waals surface area contributed by atoms with Crippen LogP contribution in [0.5, 0.6) is 11.5 Å². The van der Waals surface area contributed by atoms with Crippen LogP contribution in [0.1, 0.15) is 29.6 Å². The molecule has 0 saturated carbocycles. The van der Waals surface area contributed by atoms with Crippen molar-refractivity contribution in [2.75, 3.05) is 26.4 Å². The minimum atomic E-state index is -0.0865. The fourth-order valence-electron chi connectivity index (χ4n) is 2.85. The smallest absolute Gasteiger partial charge is 0.258 e. The van der Waals surface area contributed by atoms with Crippen LogP contribution in [-0.2, 0) is 0 Å². The number of carbonyl (C=O) groups excluding carboxylic acids is 1. The number of amides is 1. The normalized spacial score (nSPS) is 21.6. The van der Waals surface area contributed by atoms with Crippen molar-refractivity contribution in [1.82, 2.24) is 4.90 Å². The largest absolute Gasteiger partial charge is 0.486 e. The summed E-state index contributed by atoms with van der Waals surface area (Å²) < 4.78 is 11.1. The lowest BCUT2D eigenvalue weighted by atomic mass is 10.0. The van der Waals surface area contributed by atoms with Gasteiger partial charge in [0.25, 0.3) is 5.91 Å². The first-order valence-corrected chi connectivity index (χ1v) is 7.11. The molecule has 2 aliphatic rings. The van der Waals surface area contributed by atoms with E-state index >= 15 is 0 Å². The fraction of sp³-hybridized carbons (Fsp3) is 0.533. The monoisotopic (exact) mass is 277 g/mol. The van der Waals surface area contributed by atoms with Gasteiger partial charge in [-0.2, -0.15) is 0 Å². The van der Waals surface area contributed by atoms with Crippen molar-refractivity contribution in [2.45, 2.75) is 25.3 Å². The first-order valence-electron chi connectivity index (χ1n) is 7.11. The number of aliphatic hydroxyl groups is 1. The second-order valence-electron chi connectivity index (χ2n) is 5.16. The van der Waals surface area contributed by atoms with E-state index in [9.17, 15) is 9.90 Å². The lowest BCUT2D eigenvalue weighted by Crippen LogP contribution is -2.45. The zero-order valence-corrected chi connectivity index (χ0v) is 11.4. The SMILES string of the molecule is O=C(c1cccc2c1OCCO2)N1CCCC[C@@H]1CO. The van der Waals surface area contributed by atoms with E-state index in [1.807, 2.05) is 6.07 Å². The third-order valence-electron chi connectivity index (χ3n) is 3.90. The van der Waals surface area contributed by atoms with E-state index in [-0.39, 0.29) is 18.6 Å². The molecule has 1 amide bonds. The van der Waals surface area contributed by atoms with E-state index in [2.05, 4.69) is 0 Å². The molecule has 1 aromatic carbocycles. The fourth-order valence-corrected chi connectivity index (χ4v) is 2.85. The van der Waals surface area contributed by atoms with Gasteiger partial charge in [-0.1, -0.05) is 6.07 Å². The molecule has 2 aliphatic heterocycles. The number of carbonyl (C=O) groups is 1. The number of benzene rings is 1. The van der Waals surface area contributed by atoms with E-state index in [0.29, 0.717) is 36.8 Å². The van der Waals surface area contributed by atoms with Crippen molar-refractivity contribution in [1.29, 1.82) is 0 Å². The second kappa shape index (κ2) is 5.71. The highest BCUT2D eigenvalue weighted by Gasteiger charge is 2.30. The Balaban J connectivity index is 1.90. The summed E-state index contributed by atoms with van der Waals surface area (Å²) in [6.07, 6.45) is 2.89. The lowest BCUT2D eigenvalue weighted by molar-refractivity contribution is 0.0495. The maximum absolute atomic E-state index is 12.7. The van der Waals surface area contributed by atoms with Crippen molar-refractivity contribution < 1.29 is 19.4 Å². The van der Waals surface area contributed by atoms with Gasteiger partial charge in [-0.25, -0.2) is 0 Å². The molecule has 0 aromatic heterocycles. The summed E-state index contributed by atoms with van der Waals surface area (Å²) in [6, 6.07) is 5.29. The molecule has 1 saturated heterocycles. The van der Waals surface area contributed by atoms with Gasteiger partial charge in [0.05, 0.1) is 18.2 Å². The van der Waals surface area contributed by atoms with E-state index in [0.717, 1.165) is 19.3 Å². The Labute approximate surface area is 118 Å². The summed E-state index contributed by atoms with van der Waals surface area (Å²) in [7, 11) is 0. The maximum Gasteiger partial charge on any atom is 0.258 e. The Morgan fingerprint density at radius 3 is 3.00 bits per heavy atom. The molecule has 5 heteroatoms. The third-order valence-corrected chi connectivity index (χ3v) is 3.90. The number of likely N-dealkylation sites (tertiary alicyclic amines) is 1. The van der Waals surface area contributed by atoms with Crippen LogP contribution in [0.25, 0.3) is 0 Å². The van der Waals surface area contributed by atoms with Crippen molar-refractivity contribution >= 4 is 5.91 Å². The average molecular weight is 277 g/mol. The van der Waals surface area contributed by atoms with Crippen LogP contribution >= 0.6 is 0 Å². The Morgan fingerprint density at radius 1 is 1.30 bits per heavy atom. The number of para-hydroxylation sites is 1. The summed E-state index contributed by atoms with van der Waals surface area (Å²) >= 11 is 0. The highest BCUT2D eigenvalue weighted by molar-refractivity contribution is 5.98. The van der Waals surface area contributed by atoms with Crippen molar-refractivity contribution in [2.24, 2.45) is 0 Å². The van der Waals surface area contributed by atoms with Crippen LogP contribution in [0.3, 0.4) is 0 Å². The predicted octanol–water partition coefficient (Wildman–Crippen LogP) is 1.44. The molecule has 0 unspecified atom stereocenters. The average Bonchev–Trinajstić information content (AvgIpc) is 2.53. The van der Waals surface area contributed by atoms with Crippen LogP contribution in [0.2, 0.25) is 0 Å². The molecule has 1 atom stereocenters. The van der Waals surface area contributed by atoms with Crippen LogP contribution < -0.4 is 9.47 Å².